The Morgan fingerprint density at radius 3 is 2.62 bits per heavy atom. The first-order chi connectivity index (χ1) is 6.00. The number of hydrogen-bond acceptors (Lipinski definition) is 1. The third-order valence-corrected chi connectivity index (χ3v) is 3.29. The highest BCUT2D eigenvalue weighted by Gasteiger charge is 2.19. The van der Waals surface area contributed by atoms with E-state index in [2.05, 4.69) is 10.5 Å². The maximum absolute atomic E-state index is 11.6. The summed E-state index contributed by atoms with van der Waals surface area (Å²) < 4.78 is 15.6. The molecule has 2 nitrogen and oxygen atoms in total. The third kappa shape index (κ3) is 3.43. The van der Waals surface area contributed by atoms with Crippen molar-refractivity contribution in [3.8, 4) is 0 Å². The van der Waals surface area contributed by atoms with Crippen molar-refractivity contribution in [2.45, 2.75) is 44.8 Å². The van der Waals surface area contributed by atoms with Gasteiger partial charge in [-0.2, -0.15) is 4.40 Å². The number of hydrogen-bond donors (Lipinski definition) is 0. The van der Waals surface area contributed by atoms with E-state index in [0.717, 1.165) is 25.0 Å². The van der Waals surface area contributed by atoms with Crippen molar-refractivity contribution < 1.29 is 4.21 Å². The molecule has 0 amide bonds. The van der Waals surface area contributed by atoms with Crippen LogP contribution in [0.4, 0.5) is 0 Å². The molecule has 0 spiro atoms. The Morgan fingerprint density at radius 1 is 1.46 bits per heavy atom. The van der Waals surface area contributed by atoms with Crippen molar-refractivity contribution >= 4 is 16.7 Å². The van der Waals surface area contributed by atoms with Crippen LogP contribution in [-0.4, -0.2) is 14.7 Å². The van der Waals surface area contributed by atoms with Gasteiger partial charge < -0.3 is 0 Å². The normalized spacial score (nSPS) is 23.5. The lowest BCUT2D eigenvalue weighted by atomic mass is 10.1. The number of allylic oxidation sites excluding steroid dienone is 2. The second-order valence-electron chi connectivity index (χ2n) is 4.24. The molecule has 1 aliphatic rings. The first-order valence-electron chi connectivity index (χ1n) is 4.66. The van der Waals surface area contributed by atoms with Crippen LogP contribution in [0.15, 0.2) is 16.5 Å². The minimum atomic E-state index is -1.10. The fourth-order valence-corrected chi connectivity index (χ4v) is 1.66. The molecule has 1 rings (SSSR count). The van der Waals surface area contributed by atoms with E-state index >= 15 is 0 Å². The summed E-state index contributed by atoms with van der Waals surface area (Å²) in [5, 5.41) is 0. The molecule has 0 aliphatic heterocycles. The number of rotatable bonds is 1. The Hall–Kier alpha value is -0.440. The molecule has 0 N–H and O–H groups in total. The Balaban J connectivity index is 2.70. The van der Waals surface area contributed by atoms with Gasteiger partial charge in [-0.15, -0.1) is 0 Å². The van der Waals surface area contributed by atoms with Crippen LogP contribution in [0.25, 0.3) is 0 Å². The van der Waals surface area contributed by atoms with Crippen molar-refractivity contribution in [2.24, 2.45) is 4.40 Å². The summed E-state index contributed by atoms with van der Waals surface area (Å²) in [6.07, 6.45) is 7.32. The van der Waals surface area contributed by atoms with E-state index in [1.54, 1.807) is 0 Å². The summed E-state index contributed by atoms with van der Waals surface area (Å²) in [6, 6.07) is 0. The highest BCUT2D eigenvalue weighted by atomic mass is 32.2. The zero-order chi connectivity index (χ0) is 9.90. The Morgan fingerprint density at radius 2 is 2.15 bits per heavy atom. The molecule has 1 unspecified atom stereocenters. The topological polar surface area (TPSA) is 29.4 Å². The highest BCUT2D eigenvalue weighted by Crippen LogP contribution is 2.15. The Kier molecular flexibility index (Phi) is 3.42. The van der Waals surface area contributed by atoms with Crippen LogP contribution in [0.2, 0.25) is 0 Å². The molecule has 0 bridgehead atoms. The van der Waals surface area contributed by atoms with E-state index in [1.165, 1.54) is 0 Å². The van der Waals surface area contributed by atoms with Crippen LogP contribution in [0.1, 0.15) is 40.0 Å². The molecule has 0 fully saturated rings. The second-order valence-corrected chi connectivity index (χ2v) is 6.14. The van der Waals surface area contributed by atoms with Crippen LogP contribution in [0, 0.1) is 0 Å². The number of nitrogens with zero attached hydrogens (tertiary/aromatic N) is 1. The van der Waals surface area contributed by atoms with Crippen molar-refractivity contribution in [3.05, 3.63) is 12.2 Å². The molecule has 13 heavy (non-hydrogen) atoms. The molecule has 1 atom stereocenters. The maximum Gasteiger partial charge on any atom is 0.145 e. The van der Waals surface area contributed by atoms with Crippen LogP contribution >= 0.6 is 0 Å². The summed E-state index contributed by atoms with van der Waals surface area (Å²) in [4.78, 5) is 0. The largest absolute Gasteiger partial charge is 0.234 e. The molecule has 0 heterocycles. The zero-order valence-electron chi connectivity index (χ0n) is 8.54. The Labute approximate surface area is 82.7 Å². The monoisotopic (exact) mass is 199 g/mol. The molecule has 0 saturated carbocycles. The lowest BCUT2D eigenvalue weighted by molar-refractivity contribution is 0.650. The van der Waals surface area contributed by atoms with Gasteiger partial charge in [0.2, 0.25) is 0 Å². The molecular weight excluding hydrogens is 182 g/mol. The fraction of sp³-hybridized carbons (Fsp3) is 0.700. The van der Waals surface area contributed by atoms with Gasteiger partial charge in [-0.3, -0.25) is 0 Å². The zero-order valence-corrected chi connectivity index (χ0v) is 9.36. The van der Waals surface area contributed by atoms with Crippen LogP contribution in [-0.2, 0) is 11.0 Å². The molecule has 1 aliphatic carbocycles. The summed E-state index contributed by atoms with van der Waals surface area (Å²) in [5.74, 6) is 0. The molecule has 0 aromatic carbocycles. The van der Waals surface area contributed by atoms with Crippen LogP contribution in [0.5, 0.6) is 0 Å². The quantitative estimate of drug-likeness (QED) is 0.638. The van der Waals surface area contributed by atoms with Gasteiger partial charge in [-0.1, -0.05) is 6.08 Å². The Bertz CT molecular complexity index is 261. The van der Waals surface area contributed by atoms with Gasteiger partial charge in [0.1, 0.15) is 11.0 Å². The van der Waals surface area contributed by atoms with Gasteiger partial charge in [0.05, 0.1) is 10.5 Å². The third-order valence-electron chi connectivity index (χ3n) is 1.84. The minimum Gasteiger partial charge on any atom is -0.234 e. The van der Waals surface area contributed by atoms with Crippen LogP contribution < -0.4 is 0 Å². The molecular formula is C10H17NOS. The SMILES string of the molecule is CC(C)(C)S(=O)/N=C1/C=CCCC1. The van der Waals surface area contributed by atoms with E-state index in [-0.39, 0.29) is 4.75 Å². The lowest BCUT2D eigenvalue weighted by Crippen LogP contribution is -2.20. The molecule has 0 saturated heterocycles. The average Bonchev–Trinajstić information content (AvgIpc) is 2.04. The van der Waals surface area contributed by atoms with E-state index < -0.39 is 11.0 Å². The first kappa shape index (κ1) is 10.6. The van der Waals surface area contributed by atoms with Crippen LogP contribution in [0.3, 0.4) is 0 Å². The summed E-state index contributed by atoms with van der Waals surface area (Å²) in [7, 11) is -1.10. The van der Waals surface area contributed by atoms with Crippen molar-refractivity contribution in [1.29, 1.82) is 0 Å². The summed E-state index contributed by atoms with van der Waals surface area (Å²) in [6.45, 7) is 5.83. The lowest BCUT2D eigenvalue weighted by Gasteiger charge is -2.15. The van der Waals surface area contributed by atoms with Crippen molar-refractivity contribution in [3.63, 3.8) is 0 Å². The summed E-state index contributed by atoms with van der Waals surface area (Å²) >= 11 is 0. The predicted octanol–water partition coefficient (Wildman–Crippen LogP) is 2.63. The average molecular weight is 199 g/mol. The van der Waals surface area contributed by atoms with Gasteiger partial charge >= 0.3 is 0 Å². The maximum atomic E-state index is 11.6. The van der Waals surface area contributed by atoms with E-state index in [9.17, 15) is 4.21 Å². The molecule has 0 radical (unpaired) electrons. The predicted molar refractivity (Wildman–Crippen MR) is 58.3 cm³/mol. The van der Waals surface area contributed by atoms with Crippen molar-refractivity contribution in [1.82, 2.24) is 0 Å². The van der Waals surface area contributed by atoms with Gasteiger partial charge in [-0.05, 0) is 46.1 Å². The van der Waals surface area contributed by atoms with E-state index in [4.69, 9.17) is 0 Å². The van der Waals surface area contributed by atoms with E-state index in [0.29, 0.717) is 0 Å². The van der Waals surface area contributed by atoms with Gasteiger partial charge in [-0.25, -0.2) is 4.21 Å². The smallest absolute Gasteiger partial charge is 0.145 e. The molecule has 74 valence electrons. The molecule has 0 aromatic heterocycles. The van der Waals surface area contributed by atoms with Crippen molar-refractivity contribution in [2.75, 3.05) is 0 Å². The van der Waals surface area contributed by atoms with Gasteiger partial charge in [0.25, 0.3) is 0 Å². The van der Waals surface area contributed by atoms with Gasteiger partial charge in [0, 0.05) is 0 Å². The minimum absolute atomic E-state index is 0.238. The highest BCUT2D eigenvalue weighted by molar-refractivity contribution is 7.85. The fourth-order valence-electron chi connectivity index (χ4n) is 1.02. The van der Waals surface area contributed by atoms with Gasteiger partial charge in [0.15, 0.2) is 0 Å². The molecule has 3 heteroatoms. The molecule has 0 aromatic rings. The standard InChI is InChI=1S/C10H17NOS/c1-10(2,3)13(12)11-9-7-5-4-6-8-9/h5,7H,4,6,8H2,1-3H3/b11-9-. The summed E-state index contributed by atoms with van der Waals surface area (Å²) in [5.41, 5.74) is 0.986. The van der Waals surface area contributed by atoms with E-state index in [1.807, 2.05) is 26.8 Å². The second kappa shape index (κ2) is 4.18. The first-order valence-corrected chi connectivity index (χ1v) is 5.77.